The number of amidine groups is 1. The summed E-state index contributed by atoms with van der Waals surface area (Å²) in [7, 11) is 0. The zero-order valence-corrected chi connectivity index (χ0v) is 10.6. The predicted molar refractivity (Wildman–Crippen MR) is 67.8 cm³/mol. The number of nitrogens with zero attached hydrogens (tertiary/aromatic N) is 2. The molecule has 2 nitrogen and oxygen atoms in total. The van der Waals surface area contributed by atoms with Crippen LogP contribution in [0.2, 0.25) is 0 Å². The maximum absolute atomic E-state index is 6.06. The highest BCUT2D eigenvalue weighted by atomic mass is 79.9. The molecule has 15 heavy (non-hydrogen) atoms. The molecular formula is C11H12BrClN2. The van der Waals surface area contributed by atoms with E-state index in [9.17, 15) is 0 Å². The number of benzene rings is 1. The molecule has 0 spiro atoms. The molecular weight excluding hydrogens is 275 g/mol. The molecule has 4 heteroatoms. The first-order valence-corrected chi connectivity index (χ1v) is 6.40. The molecule has 0 amide bonds. The molecule has 0 radical (unpaired) electrons. The molecule has 1 unspecified atom stereocenters. The minimum atomic E-state index is 0.192. The van der Waals surface area contributed by atoms with Crippen molar-refractivity contribution in [1.29, 1.82) is 0 Å². The van der Waals surface area contributed by atoms with Crippen LogP contribution in [0, 0.1) is 0 Å². The van der Waals surface area contributed by atoms with Crippen LogP contribution >= 0.6 is 27.5 Å². The fourth-order valence-electron chi connectivity index (χ4n) is 1.68. The first kappa shape index (κ1) is 11.0. The predicted octanol–water partition coefficient (Wildman–Crippen LogP) is 3.03. The third-order valence-corrected chi connectivity index (χ3v) is 3.15. The summed E-state index contributed by atoms with van der Waals surface area (Å²) in [5, 5.41) is 1.54. The van der Waals surface area contributed by atoms with Crippen molar-refractivity contribution in [1.82, 2.24) is 4.90 Å². The van der Waals surface area contributed by atoms with Crippen LogP contribution < -0.4 is 0 Å². The molecule has 1 heterocycles. The number of rotatable bonds is 3. The topological polar surface area (TPSA) is 15.6 Å². The van der Waals surface area contributed by atoms with Gasteiger partial charge in [-0.25, -0.2) is 4.99 Å². The van der Waals surface area contributed by atoms with Crippen LogP contribution in [0.25, 0.3) is 0 Å². The number of hydrogen-bond acceptors (Lipinski definition) is 2. The third-order valence-electron chi connectivity index (χ3n) is 2.46. The normalized spacial score (nSPS) is 20.5. The molecule has 0 fully saturated rings. The molecule has 0 aromatic heterocycles. The molecule has 1 aliphatic rings. The summed E-state index contributed by atoms with van der Waals surface area (Å²) in [6.07, 6.45) is 0. The zero-order chi connectivity index (χ0) is 10.7. The Bertz CT molecular complexity index is 353. The SMILES string of the molecule is ClC1=NC(c2ccccc2)CN1CCBr. The summed E-state index contributed by atoms with van der Waals surface area (Å²) in [5.41, 5.74) is 1.23. The van der Waals surface area contributed by atoms with Crippen molar-refractivity contribution in [3.05, 3.63) is 35.9 Å². The number of alkyl halides is 1. The average Bonchev–Trinajstić information content (AvgIpc) is 2.63. The van der Waals surface area contributed by atoms with Gasteiger partial charge in [-0.3, -0.25) is 0 Å². The van der Waals surface area contributed by atoms with Crippen LogP contribution in [0.5, 0.6) is 0 Å². The molecule has 1 aliphatic heterocycles. The van der Waals surface area contributed by atoms with Crippen molar-refractivity contribution in [3.63, 3.8) is 0 Å². The van der Waals surface area contributed by atoms with Crippen molar-refractivity contribution in [3.8, 4) is 0 Å². The van der Waals surface area contributed by atoms with E-state index in [1.165, 1.54) is 5.56 Å². The van der Waals surface area contributed by atoms with E-state index in [1.54, 1.807) is 0 Å². The molecule has 1 aromatic carbocycles. The second-order valence-electron chi connectivity index (χ2n) is 3.46. The van der Waals surface area contributed by atoms with Crippen molar-refractivity contribution >= 4 is 32.8 Å². The molecule has 2 rings (SSSR count). The van der Waals surface area contributed by atoms with Crippen molar-refractivity contribution < 1.29 is 0 Å². The maximum atomic E-state index is 6.06. The summed E-state index contributed by atoms with van der Waals surface area (Å²) in [4.78, 5) is 6.54. The zero-order valence-electron chi connectivity index (χ0n) is 8.24. The van der Waals surface area contributed by atoms with E-state index in [-0.39, 0.29) is 6.04 Å². The Morgan fingerprint density at radius 2 is 2.13 bits per heavy atom. The van der Waals surface area contributed by atoms with Gasteiger partial charge in [0, 0.05) is 18.4 Å². The Morgan fingerprint density at radius 3 is 2.80 bits per heavy atom. The van der Waals surface area contributed by atoms with Gasteiger partial charge in [0.05, 0.1) is 6.04 Å². The van der Waals surface area contributed by atoms with Crippen LogP contribution in [0.15, 0.2) is 35.3 Å². The van der Waals surface area contributed by atoms with E-state index in [1.807, 2.05) is 18.2 Å². The summed E-state index contributed by atoms with van der Waals surface area (Å²) >= 11 is 9.46. The Morgan fingerprint density at radius 1 is 1.40 bits per heavy atom. The summed E-state index contributed by atoms with van der Waals surface area (Å²) in [6.45, 7) is 1.79. The van der Waals surface area contributed by atoms with Crippen LogP contribution in [0.3, 0.4) is 0 Å². The van der Waals surface area contributed by atoms with Gasteiger partial charge in [-0.15, -0.1) is 0 Å². The van der Waals surface area contributed by atoms with Crippen molar-refractivity contribution in [2.75, 3.05) is 18.4 Å². The fourth-order valence-corrected chi connectivity index (χ4v) is 2.38. The highest BCUT2D eigenvalue weighted by molar-refractivity contribution is 9.09. The third kappa shape index (κ3) is 2.52. The Hall–Kier alpha value is -0.540. The van der Waals surface area contributed by atoms with Gasteiger partial charge in [-0.1, -0.05) is 46.3 Å². The molecule has 0 N–H and O–H groups in total. The smallest absolute Gasteiger partial charge is 0.194 e. The molecule has 0 saturated carbocycles. The van der Waals surface area contributed by atoms with Gasteiger partial charge < -0.3 is 4.90 Å². The Balaban J connectivity index is 2.10. The van der Waals surface area contributed by atoms with Gasteiger partial charge in [0.25, 0.3) is 0 Å². The lowest BCUT2D eigenvalue weighted by Crippen LogP contribution is -2.26. The maximum Gasteiger partial charge on any atom is 0.194 e. The van der Waals surface area contributed by atoms with Gasteiger partial charge in [0.15, 0.2) is 5.29 Å². The highest BCUT2D eigenvalue weighted by Gasteiger charge is 2.23. The molecule has 1 aromatic rings. The average molecular weight is 288 g/mol. The van der Waals surface area contributed by atoms with Gasteiger partial charge in [-0.05, 0) is 17.2 Å². The molecule has 0 saturated heterocycles. The number of halogens is 2. The minimum Gasteiger partial charge on any atom is -0.344 e. The number of hydrogen-bond donors (Lipinski definition) is 0. The van der Waals surface area contributed by atoms with Crippen LogP contribution in [-0.2, 0) is 0 Å². The van der Waals surface area contributed by atoms with E-state index < -0.39 is 0 Å². The minimum absolute atomic E-state index is 0.192. The lowest BCUT2D eigenvalue weighted by atomic mass is 10.1. The van der Waals surface area contributed by atoms with Gasteiger partial charge in [-0.2, -0.15) is 0 Å². The van der Waals surface area contributed by atoms with Crippen LogP contribution in [-0.4, -0.2) is 28.6 Å². The van der Waals surface area contributed by atoms with Gasteiger partial charge >= 0.3 is 0 Å². The lowest BCUT2D eigenvalue weighted by Gasteiger charge is -2.16. The van der Waals surface area contributed by atoms with E-state index in [0.717, 1.165) is 18.4 Å². The standard InChI is InChI=1S/C11H12BrClN2/c12-6-7-15-8-10(14-11(15)13)9-4-2-1-3-5-9/h1-5,10H,6-8H2. The lowest BCUT2D eigenvalue weighted by molar-refractivity contribution is 0.457. The molecule has 1 atom stereocenters. The van der Waals surface area contributed by atoms with Gasteiger partial charge in [0.1, 0.15) is 0 Å². The Kier molecular flexibility index (Phi) is 3.65. The first-order valence-electron chi connectivity index (χ1n) is 4.90. The number of aliphatic imine (C=N–C) groups is 1. The van der Waals surface area contributed by atoms with E-state index in [4.69, 9.17) is 11.6 Å². The monoisotopic (exact) mass is 286 g/mol. The first-order chi connectivity index (χ1) is 7.31. The summed E-state index contributed by atoms with van der Waals surface area (Å²) in [6, 6.07) is 10.5. The second kappa shape index (κ2) is 4.99. The van der Waals surface area contributed by atoms with E-state index in [2.05, 4.69) is 38.0 Å². The van der Waals surface area contributed by atoms with Gasteiger partial charge in [0.2, 0.25) is 0 Å². The van der Waals surface area contributed by atoms with Crippen LogP contribution in [0.1, 0.15) is 11.6 Å². The highest BCUT2D eigenvalue weighted by Crippen LogP contribution is 2.25. The van der Waals surface area contributed by atoms with E-state index in [0.29, 0.717) is 5.29 Å². The summed E-state index contributed by atoms with van der Waals surface area (Å²) in [5.74, 6) is 0. The molecule has 80 valence electrons. The molecule has 0 bridgehead atoms. The summed E-state index contributed by atoms with van der Waals surface area (Å²) < 4.78 is 0. The fraction of sp³-hybridized carbons (Fsp3) is 0.364. The van der Waals surface area contributed by atoms with Crippen molar-refractivity contribution in [2.24, 2.45) is 4.99 Å². The quantitative estimate of drug-likeness (QED) is 0.616. The molecule has 0 aliphatic carbocycles. The van der Waals surface area contributed by atoms with Crippen LogP contribution in [0.4, 0.5) is 0 Å². The van der Waals surface area contributed by atoms with Crippen molar-refractivity contribution in [2.45, 2.75) is 6.04 Å². The largest absolute Gasteiger partial charge is 0.344 e. The Labute approximate surface area is 103 Å². The van der Waals surface area contributed by atoms with E-state index >= 15 is 0 Å². The second-order valence-corrected chi connectivity index (χ2v) is 4.59.